The smallest absolute Gasteiger partial charge is 0.409 e. The molecule has 2 heterocycles. The average molecular weight is 1290 g/mol. The van der Waals surface area contributed by atoms with E-state index in [1.807, 2.05) is 56.5 Å². The number of amides is 10. The van der Waals surface area contributed by atoms with Crippen molar-refractivity contribution < 1.29 is 66.7 Å². The number of primary amides is 1. The normalized spacial score (nSPS) is 16.5. The molecule has 24 nitrogen and oxygen atoms in total. The van der Waals surface area contributed by atoms with Crippen molar-refractivity contribution in [3.8, 4) is 0 Å². The highest BCUT2D eigenvalue weighted by Gasteiger charge is 2.43. The van der Waals surface area contributed by atoms with Gasteiger partial charge in [0.2, 0.25) is 35.4 Å². The topological polar surface area (TPSA) is 328 Å². The van der Waals surface area contributed by atoms with Crippen LogP contribution in [0.1, 0.15) is 150 Å². The number of ketones is 1. The lowest BCUT2D eigenvalue weighted by Crippen LogP contribution is -2.59. The summed E-state index contributed by atoms with van der Waals surface area (Å²) in [6, 6.07) is 11.6. The molecule has 0 aliphatic carbocycles. The molecule has 25 heteroatoms. The van der Waals surface area contributed by atoms with E-state index in [2.05, 4.69) is 42.2 Å². The lowest BCUT2D eigenvalue weighted by Gasteiger charge is -2.35. The third-order valence-corrected chi connectivity index (χ3v) is 17.5. The van der Waals surface area contributed by atoms with Crippen LogP contribution in [0.15, 0.2) is 66.2 Å². The third kappa shape index (κ3) is 23.8. The van der Waals surface area contributed by atoms with E-state index < -0.39 is 95.3 Å². The minimum Gasteiger partial charge on any atom is -0.445 e. The van der Waals surface area contributed by atoms with E-state index in [0.29, 0.717) is 37.1 Å². The number of rotatable bonds is 36. The number of nitrogens with zero attached hydrogens (tertiary/aromatic N) is 3. The predicted molar refractivity (Wildman–Crippen MR) is 347 cm³/mol. The number of anilines is 1. The Labute approximate surface area is 540 Å². The molecule has 0 saturated carbocycles. The standard InChI is InChI=1S/C66H99N11O13S/c1-15-42(8)47(52(88-13)36-54(80)77-33-20-24-50(77)57(89-14)43(9)58(81)72-49(61-68-32-34-91-61)35-44-21-17-16-18-22-44)37-76(12)62(84)56(41(6)7)74-63(85)66(10,11)75-65(87)90-38-45-25-27-46(28-26-45)70-59(82)48(23-19-31-69-64(67)86)71-60(83)55(40(4)5)73-53(79)30-29-51(78)39(2)3/h16-18,21-22,25-28,32,34,37,39-43,47-50,52,55-57H,15,19-20,23-24,29-31,33,35-36,38H2,1-14H3,(H8-,67,69,70,71,72,73,74,75,79,81,82,83,85,86,87)/p+1/b76-37+/t42-,43+,47?,48-,49-,50-,52+,55-,56-,57+/m0/s1. The maximum Gasteiger partial charge on any atom is 0.409 e. The number of hydrogen-bond donors (Lipinski definition) is 8. The van der Waals surface area contributed by atoms with Gasteiger partial charge in [0, 0.05) is 63.3 Å². The summed E-state index contributed by atoms with van der Waals surface area (Å²) in [5.41, 5.74) is 5.56. The Kier molecular flexibility index (Phi) is 30.8. The quantitative estimate of drug-likeness (QED) is 0.0179. The van der Waals surface area contributed by atoms with Crippen molar-refractivity contribution in [2.45, 2.75) is 189 Å². The summed E-state index contributed by atoms with van der Waals surface area (Å²) >= 11 is 1.47. The molecular weight excluding hydrogens is 1190 g/mol. The zero-order chi connectivity index (χ0) is 67.7. The summed E-state index contributed by atoms with van der Waals surface area (Å²) in [4.78, 5) is 140. The van der Waals surface area contributed by atoms with E-state index in [0.717, 1.165) is 17.0 Å². The molecule has 1 unspecified atom stereocenters. The molecule has 1 saturated heterocycles. The Morgan fingerprint density at radius 2 is 1.48 bits per heavy atom. The molecule has 1 aliphatic heterocycles. The second-order valence-corrected chi connectivity index (χ2v) is 26.0. The van der Waals surface area contributed by atoms with Gasteiger partial charge in [-0.3, -0.25) is 33.6 Å². The summed E-state index contributed by atoms with van der Waals surface area (Å²) in [5.74, 6) is -5.35. The highest BCUT2D eigenvalue weighted by molar-refractivity contribution is 7.09. The van der Waals surface area contributed by atoms with Crippen LogP contribution in [0.4, 0.5) is 15.3 Å². The zero-order valence-electron chi connectivity index (χ0n) is 55.6. The molecule has 502 valence electrons. The SMILES string of the molecule is CC[C@H](C)C(/C=[N+](\C)C(=O)[C@@H](NC(=O)C(C)(C)NC(=O)OCc1ccc(NC(=O)[C@H](CCCNC(N)=O)NC(=O)[C@@H](NC(=O)CCC(=O)C(C)C)C(C)C)cc1)C(C)C)[C@@H](CC(=O)N1CCC[C@H]1[C@H](OC)[C@@H](C)C(=O)N[C@@H](Cc1ccccc1)c1nccs1)OC. The van der Waals surface area contributed by atoms with Crippen LogP contribution < -0.4 is 43.0 Å². The second kappa shape index (κ2) is 37.0. The molecule has 4 rings (SSSR count). The van der Waals surface area contributed by atoms with Gasteiger partial charge in [-0.05, 0) is 87.0 Å². The Balaban J connectivity index is 1.37. The van der Waals surface area contributed by atoms with Crippen molar-refractivity contribution in [3.05, 3.63) is 82.3 Å². The summed E-state index contributed by atoms with van der Waals surface area (Å²) in [7, 11) is 4.70. The maximum absolute atomic E-state index is 14.5. The van der Waals surface area contributed by atoms with Crippen LogP contribution in [-0.4, -0.2) is 156 Å². The van der Waals surface area contributed by atoms with Gasteiger partial charge in [-0.1, -0.05) is 111 Å². The molecule has 1 aliphatic rings. The van der Waals surface area contributed by atoms with Gasteiger partial charge in [0.25, 0.3) is 0 Å². The van der Waals surface area contributed by atoms with Gasteiger partial charge in [0.05, 0.1) is 42.5 Å². The van der Waals surface area contributed by atoms with Gasteiger partial charge in [-0.2, -0.15) is 4.58 Å². The molecule has 0 bridgehead atoms. The molecule has 0 radical (unpaired) electrons. The molecule has 1 aromatic heterocycles. The number of carbonyl (C=O) groups is 10. The number of likely N-dealkylation sites (N-methyl/N-ethyl adjacent to an activating group) is 1. The minimum absolute atomic E-state index is 0.00953. The number of nitrogens with one attached hydrogen (secondary N) is 7. The fourth-order valence-electron chi connectivity index (χ4n) is 10.7. The summed E-state index contributed by atoms with van der Waals surface area (Å²) in [6.45, 7) is 19.7. The molecule has 1 fully saturated rings. The van der Waals surface area contributed by atoms with Crippen LogP contribution in [0.5, 0.6) is 0 Å². The molecule has 10 amide bonds. The Hall–Kier alpha value is -7.64. The van der Waals surface area contributed by atoms with Crippen LogP contribution in [0.2, 0.25) is 0 Å². The fraction of sp³-hybridized carbons (Fsp3) is 0.606. The third-order valence-electron chi connectivity index (χ3n) is 16.6. The number of methoxy groups -OCH3 is 2. The van der Waals surface area contributed by atoms with E-state index in [-0.39, 0.29) is 92.7 Å². The number of nitrogens with two attached hydrogens (primary N) is 1. The van der Waals surface area contributed by atoms with E-state index >= 15 is 0 Å². The number of carbonyl (C=O) groups excluding carboxylic acids is 10. The van der Waals surface area contributed by atoms with E-state index in [9.17, 15) is 47.9 Å². The molecule has 2 aromatic carbocycles. The Morgan fingerprint density at radius 1 is 0.813 bits per heavy atom. The monoisotopic (exact) mass is 1290 g/mol. The first-order valence-electron chi connectivity index (χ1n) is 31.5. The molecule has 3 aromatic rings. The maximum atomic E-state index is 14.5. The molecule has 10 atom stereocenters. The zero-order valence-corrected chi connectivity index (χ0v) is 56.4. The number of urea groups is 1. The number of ether oxygens (including phenoxy) is 3. The lowest BCUT2D eigenvalue weighted by atomic mass is 9.85. The van der Waals surface area contributed by atoms with Gasteiger partial charge in [-0.15, -0.1) is 11.3 Å². The second-order valence-electron chi connectivity index (χ2n) is 25.1. The largest absolute Gasteiger partial charge is 0.445 e. The van der Waals surface area contributed by atoms with Crippen molar-refractivity contribution in [2.75, 3.05) is 39.7 Å². The van der Waals surface area contributed by atoms with Crippen molar-refractivity contribution in [1.29, 1.82) is 0 Å². The first kappa shape index (κ1) is 75.8. The molecule has 91 heavy (non-hydrogen) atoms. The lowest BCUT2D eigenvalue weighted by molar-refractivity contribution is -0.420. The van der Waals surface area contributed by atoms with Gasteiger partial charge >= 0.3 is 18.0 Å². The van der Waals surface area contributed by atoms with Crippen LogP contribution in [0, 0.1) is 35.5 Å². The van der Waals surface area contributed by atoms with E-state index in [4.69, 9.17) is 19.9 Å². The number of Topliss-reactive ketones (excluding diaryl/α,β-unsaturated/α-hetero) is 1. The first-order chi connectivity index (χ1) is 43.0. The Morgan fingerprint density at radius 3 is 2.07 bits per heavy atom. The van der Waals surface area contributed by atoms with Crippen molar-refractivity contribution in [2.24, 2.45) is 41.2 Å². The fourth-order valence-corrected chi connectivity index (χ4v) is 11.4. The average Bonchev–Trinajstić information content (AvgIpc) is 2.49. The number of likely N-dealkylation sites (tertiary alicyclic amines) is 1. The highest BCUT2D eigenvalue weighted by Crippen LogP contribution is 2.31. The number of alkyl carbamates (subject to hydrolysis) is 1. The Bertz CT molecular complexity index is 2920. The number of benzene rings is 2. The van der Waals surface area contributed by atoms with Crippen LogP contribution in [0.3, 0.4) is 0 Å². The van der Waals surface area contributed by atoms with Gasteiger partial charge in [0.15, 0.2) is 12.3 Å². The summed E-state index contributed by atoms with van der Waals surface area (Å²) in [5, 5.41) is 21.9. The number of thiazole rings is 1. The van der Waals surface area contributed by atoms with Gasteiger partial charge in [-0.25, -0.2) is 19.4 Å². The van der Waals surface area contributed by atoms with Gasteiger partial charge in [0.1, 0.15) is 42.1 Å². The summed E-state index contributed by atoms with van der Waals surface area (Å²) in [6.07, 6.45) is 4.16. The predicted octanol–water partition coefficient (Wildman–Crippen LogP) is 6.36. The van der Waals surface area contributed by atoms with Crippen LogP contribution in [0.25, 0.3) is 0 Å². The minimum atomic E-state index is -1.57. The van der Waals surface area contributed by atoms with Crippen LogP contribution in [-0.2, 0) is 65.6 Å². The van der Waals surface area contributed by atoms with Crippen LogP contribution >= 0.6 is 11.3 Å². The summed E-state index contributed by atoms with van der Waals surface area (Å²) < 4.78 is 19.1. The molecule has 9 N–H and O–H groups in total. The van der Waals surface area contributed by atoms with E-state index in [1.54, 1.807) is 97.3 Å². The van der Waals surface area contributed by atoms with Crippen molar-refractivity contribution in [3.63, 3.8) is 0 Å². The molecular formula is C66H100N11O13S+. The number of hydrogen-bond acceptors (Lipinski definition) is 15. The van der Waals surface area contributed by atoms with Crippen molar-refractivity contribution >= 4 is 82.5 Å². The first-order valence-corrected chi connectivity index (χ1v) is 32.4. The highest BCUT2D eigenvalue weighted by atomic mass is 32.1. The van der Waals surface area contributed by atoms with Crippen molar-refractivity contribution in [1.82, 2.24) is 41.8 Å². The van der Waals surface area contributed by atoms with Gasteiger partial charge < -0.3 is 62.1 Å². The van der Waals surface area contributed by atoms with E-state index in [1.165, 1.54) is 36.9 Å². The molecule has 0 spiro atoms. The number of aromatic nitrogens is 1.